The molecule has 3 heteroatoms. The van der Waals surface area contributed by atoms with Crippen LogP contribution in [0.5, 0.6) is 5.75 Å². The van der Waals surface area contributed by atoms with Gasteiger partial charge in [-0.15, -0.1) is 0 Å². The number of aromatic nitrogens is 2. The molecule has 0 saturated heterocycles. The Kier molecular flexibility index (Phi) is 10.3. The van der Waals surface area contributed by atoms with Crippen LogP contribution in [0.2, 0.25) is 0 Å². The van der Waals surface area contributed by atoms with Crippen molar-refractivity contribution in [1.82, 2.24) is 9.97 Å². The molecule has 2 atom stereocenters. The average molecular weight is 423 g/mol. The lowest BCUT2D eigenvalue weighted by molar-refractivity contribution is 0.193. The third-order valence-corrected chi connectivity index (χ3v) is 6.86. The molecule has 1 aromatic carbocycles. The summed E-state index contributed by atoms with van der Waals surface area (Å²) in [6.07, 6.45) is 20.9. The zero-order valence-electron chi connectivity index (χ0n) is 19.8. The summed E-state index contributed by atoms with van der Waals surface area (Å²) in [6.45, 7) is 5.39. The number of unbranched alkanes of at least 4 members (excludes halogenated alkanes) is 3. The van der Waals surface area contributed by atoms with Gasteiger partial charge < -0.3 is 4.74 Å². The maximum atomic E-state index is 6.03. The predicted octanol–water partition coefficient (Wildman–Crippen LogP) is 8.03. The number of nitrogens with zero attached hydrogens (tertiary/aromatic N) is 2. The van der Waals surface area contributed by atoms with Crippen LogP contribution in [0, 0.1) is 11.8 Å². The normalized spacial score (nSPS) is 18.8. The highest BCUT2D eigenvalue weighted by Crippen LogP contribution is 2.36. The van der Waals surface area contributed by atoms with Crippen LogP contribution in [-0.4, -0.2) is 16.6 Å². The summed E-state index contributed by atoms with van der Waals surface area (Å²) in [5, 5.41) is 0. The maximum Gasteiger partial charge on any atom is 0.119 e. The molecule has 170 valence electrons. The molecule has 1 aliphatic carbocycles. The largest absolute Gasteiger partial charge is 0.494 e. The van der Waals surface area contributed by atoms with Gasteiger partial charge in [0.05, 0.1) is 24.2 Å². The fraction of sp³-hybridized carbons (Fsp3) is 0.643. The zero-order valence-corrected chi connectivity index (χ0v) is 19.8. The first-order chi connectivity index (χ1) is 15.3. The highest BCUT2D eigenvalue weighted by atomic mass is 16.5. The van der Waals surface area contributed by atoms with Crippen LogP contribution in [0.25, 0.3) is 11.3 Å². The van der Waals surface area contributed by atoms with Crippen molar-refractivity contribution in [2.45, 2.75) is 97.3 Å². The van der Waals surface area contributed by atoms with Crippen molar-refractivity contribution in [3.05, 3.63) is 42.4 Å². The lowest BCUT2D eigenvalue weighted by Gasteiger charge is -2.31. The molecule has 0 amide bonds. The molecular weight excluding hydrogens is 380 g/mol. The molecule has 3 rings (SSSR count). The molecule has 31 heavy (non-hydrogen) atoms. The number of hydrogen-bond acceptors (Lipinski definition) is 3. The van der Waals surface area contributed by atoms with Crippen LogP contribution >= 0.6 is 0 Å². The molecular formula is C28H42N2O. The Labute approximate surface area is 190 Å². The summed E-state index contributed by atoms with van der Waals surface area (Å²) < 4.78 is 6.03. The van der Waals surface area contributed by atoms with Crippen molar-refractivity contribution in [2.75, 3.05) is 6.61 Å². The van der Waals surface area contributed by atoms with Gasteiger partial charge in [0.25, 0.3) is 0 Å². The van der Waals surface area contributed by atoms with Crippen molar-refractivity contribution in [3.8, 4) is 17.0 Å². The van der Waals surface area contributed by atoms with Gasteiger partial charge in [-0.05, 0) is 61.8 Å². The van der Waals surface area contributed by atoms with Gasteiger partial charge in [-0.25, -0.2) is 0 Å². The van der Waals surface area contributed by atoms with E-state index in [9.17, 15) is 0 Å². The monoisotopic (exact) mass is 422 g/mol. The first-order valence-electron chi connectivity index (χ1n) is 12.8. The predicted molar refractivity (Wildman–Crippen MR) is 130 cm³/mol. The van der Waals surface area contributed by atoms with Crippen LogP contribution < -0.4 is 4.74 Å². The van der Waals surface area contributed by atoms with E-state index in [-0.39, 0.29) is 0 Å². The van der Waals surface area contributed by atoms with E-state index < -0.39 is 0 Å². The fourth-order valence-corrected chi connectivity index (χ4v) is 5.04. The Hall–Kier alpha value is -1.90. The van der Waals surface area contributed by atoms with E-state index in [1.165, 1.54) is 70.6 Å². The SMILES string of the molecule is CCCCCCc1cnc(-c2ccc(OCCCC3CCCCC3CCC)cc2)cn1. The van der Waals surface area contributed by atoms with E-state index in [4.69, 9.17) is 4.74 Å². The average Bonchev–Trinajstić information content (AvgIpc) is 2.82. The van der Waals surface area contributed by atoms with Crippen LogP contribution in [0.1, 0.15) is 96.6 Å². The third kappa shape index (κ3) is 7.94. The minimum Gasteiger partial charge on any atom is -0.494 e. The summed E-state index contributed by atoms with van der Waals surface area (Å²) in [6, 6.07) is 8.32. The number of benzene rings is 1. The van der Waals surface area contributed by atoms with Crippen molar-refractivity contribution < 1.29 is 4.74 Å². The van der Waals surface area contributed by atoms with E-state index in [1.54, 1.807) is 0 Å². The van der Waals surface area contributed by atoms with Gasteiger partial charge in [-0.1, -0.05) is 71.6 Å². The second-order valence-corrected chi connectivity index (χ2v) is 9.31. The van der Waals surface area contributed by atoms with Gasteiger partial charge >= 0.3 is 0 Å². The molecule has 2 unspecified atom stereocenters. The molecule has 0 bridgehead atoms. The van der Waals surface area contributed by atoms with Gasteiger partial charge in [0.15, 0.2) is 0 Å². The molecule has 3 nitrogen and oxygen atoms in total. The number of ether oxygens (including phenoxy) is 1. The smallest absolute Gasteiger partial charge is 0.119 e. The van der Waals surface area contributed by atoms with E-state index >= 15 is 0 Å². The molecule has 1 aliphatic rings. The summed E-state index contributed by atoms with van der Waals surface area (Å²) in [5.74, 6) is 2.84. The van der Waals surface area contributed by atoms with Crippen molar-refractivity contribution in [3.63, 3.8) is 0 Å². The lowest BCUT2D eigenvalue weighted by atomic mass is 9.75. The van der Waals surface area contributed by atoms with E-state index in [0.29, 0.717) is 0 Å². The minimum absolute atomic E-state index is 0.821. The van der Waals surface area contributed by atoms with E-state index in [0.717, 1.165) is 54.0 Å². The van der Waals surface area contributed by atoms with Gasteiger partial charge in [-0.2, -0.15) is 0 Å². The summed E-state index contributed by atoms with van der Waals surface area (Å²) in [5.41, 5.74) is 3.13. The number of hydrogen-bond donors (Lipinski definition) is 0. The fourth-order valence-electron chi connectivity index (χ4n) is 5.04. The standard InChI is InChI=1S/C28H42N2O/c1-3-5-6-7-15-26-21-30-28(22-29-26)25-16-18-27(19-17-25)31-20-10-14-24-13-9-8-12-23(24)11-4-2/h16-19,21-24H,3-15,20H2,1-2H3. The second kappa shape index (κ2) is 13.5. The molecule has 1 fully saturated rings. The van der Waals surface area contributed by atoms with Gasteiger partial charge in [-0.3, -0.25) is 9.97 Å². The molecule has 0 N–H and O–H groups in total. The molecule has 1 saturated carbocycles. The number of aryl methyl sites for hydroxylation is 1. The molecule has 0 spiro atoms. The Morgan fingerprint density at radius 3 is 2.26 bits per heavy atom. The van der Waals surface area contributed by atoms with Crippen LogP contribution in [0.15, 0.2) is 36.7 Å². The molecule has 1 aromatic heterocycles. The molecule has 0 radical (unpaired) electrons. The Morgan fingerprint density at radius 1 is 0.806 bits per heavy atom. The summed E-state index contributed by atoms with van der Waals surface area (Å²) in [7, 11) is 0. The van der Waals surface area contributed by atoms with E-state index in [1.807, 2.05) is 12.4 Å². The first kappa shape index (κ1) is 23.8. The zero-order chi connectivity index (χ0) is 21.7. The van der Waals surface area contributed by atoms with E-state index in [2.05, 4.69) is 48.1 Å². The van der Waals surface area contributed by atoms with Crippen molar-refractivity contribution >= 4 is 0 Å². The van der Waals surface area contributed by atoms with Crippen molar-refractivity contribution in [1.29, 1.82) is 0 Å². The second-order valence-electron chi connectivity index (χ2n) is 9.31. The van der Waals surface area contributed by atoms with Crippen LogP contribution in [0.4, 0.5) is 0 Å². The highest BCUT2D eigenvalue weighted by molar-refractivity contribution is 5.58. The highest BCUT2D eigenvalue weighted by Gasteiger charge is 2.23. The minimum atomic E-state index is 0.821. The number of rotatable bonds is 13. The molecule has 1 heterocycles. The first-order valence-corrected chi connectivity index (χ1v) is 12.8. The Bertz CT molecular complexity index is 724. The quantitative estimate of drug-likeness (QED) is 0.306. The molecule has 0 aliphatic heterocycles. The summed E-state index contributed by atoms with van der Waals surface area (Å²) >= 11 is 0. The van der Waals surface area contributed by atoms with Crippen LogP contribution in [0.3, 0.4) is 0 Å². The third-order valence-electron chi connectivity index (χ3n) is 6.86. The Balaban J connectivity index is 1.40. The lowest BCUT2D eigenvalue weighted by Crippen LogP contribution is -2.20. The van der Waals surface area contributed by atoms with Crippen LogP contribution in [-0.2, 0) is 6.42 Å². The van der Waals surface area contributed by atoms with Crippen molar-refractivity contribution in [2.24, 2.45) is 11.8 Å². The topological polar surface area (TPSA) is 35.0 Å². The maximum absolute atomic E-state index is 6.03. The summed E-state index contributed by atoms with van der Waals surface area (Å²) in [4.78, 5) is 9.23. The molecule has 2 aromatic rings. The van der Waals surface area contributed by atoms with Gasteiger partial charge in [0.1, 0.15) is 5.75 Å². The van der Waals surface area contributed by atoms with Gasteiger partial charge in [0.2, 0.25) is 0 Å². The Morgan fingerprint density at radius 2 is 1.58 bits per heavy atom. The van der Waals surface area contributed by atoms with Gasteiger partial charge in [0, 0.05) is 11.8 Å².